The monoisotopic (exact) mass is 346 g/mol. The molecule has 1 aliphatic rings. The van der Waals surface area contributed by atoms with Crippen molar-refractivity contribution in [1.82, 2.24) is 9.88 Å². The molecule has 1 aliphatic heterocycles. The van der Waals surface area contributed by atoms with Crippen LogP contribution in [-0.2, 0) is 0 Å². The molecule has 1 fully saturated rings. The Kier molecular flexibility index (Phi) is 4.53. The van der Waals surface area contributed by atoms with Gasteiger partial charge in [-0.05, 0) is 41.0 Å². The molecule has 124 valence electrons. The van der Waals surface area contributed by atoms with Crippen molar-refractivity contribution < 1.29 is 4.79 Å². The second-order valence-electron chi connectivity index (χ2n) is 5.95. The molecule has 25 heavy (non-hydrogen) atoms. The zero-order chi connectivity index (χ0) is 17.1. The lowest BCUT2D eigenvalue weighted by Crippen LogP contribution is -2.30. The maximum atomic E-state index is 13.0. The number of amides is 1. The Morgan fingerprint density at radius 3 is 2.32 bits per heavy atom. The van der Waals surface area contributed by atoms with Crippen LogP contribution in [0.25, 0.3) is 11.1 Å². The van der Waals surface area contributed by atoms with E-state index < -0.39 is 0 Å². The summed E-state index contributed by atoms with van der Waals surface area (Å²) < 4.78 is 0. The average Bonchev–Trinajstić information content (AvgIpc) is 3.19. The van der Waals surface area contributed by atoms with Crippen molar-refractivity contribution in [1.29, 1.82) is 0 Å². The number of pyridine rings is 1. The van der Waals surface area contributed by atoms with Gasteiger partial charge in [-0.1, -0.05) is 42.5 Å². The second kappa shape index (κ2) is 7.11. The van der Waals surface area contributed by atoms with Crippen LogP contribution in [-0.4, -0.2) is 28.1 Å². The molecule has 0 saturated carbocycles. The lowest BCUT2D eigenvalue weighted by Gasteiger charge is -2.24. The van der Waals surface area contributed by atoms with Gasteiger partial charge >= 0.3 is 0 Å². The molecule has 1 atom stereocenters. The smallest absolute Gasteiger partial charge is 0.255 e. The van der Waals surface area contributed by atoms with E-state index >= 15 is 0 Å². The van der Waals surface area contributed by atoms with E-state index in [1.165, 1.54) is 0 Å². The third-order valence-electron chi connectivity index (χ3n) is 4.38. The largest absolute Gasteiger partial charge is 0.322 e. The minimum absolute atomic E-state index is 0.0734. The summed E-state index contributed by atoms with van der Waals surface area (Å²) in [6, 6.07) is 22.1. The number of carbonyl (C=O) groups excluding carboxylic acids is 1. The zero-order valence-electron chi connectivity index (χ0n) is 13.7. The fourth-order valence-corrected chi connectivity index (χ4v) is 4.34. The molecule has 0 bridgehead atoms. The predicted octanol–water partition coefficient (Wildman–Crippen LogP) is 4.64. The molecular formula is C21H18N2OS. The van der Waals surface area contributed by atoms with E-state index in [1.54, 1.807) is 24.2 Å². The van der Waals surface area contributed by atoms with Gasteiger partial charge < -0.3 is 4.90 Å². The molecular weight excluding hydrogens is 328 g/mol. The van der Waals surface area contributed by atoms with Crippen LogP contribution in [0.4, 0.5) is 0 Å². The van der Waals surface area contributed by atoms with E-state index in [1.807, 2.05) is 59.5 Å². The molecule has 0 aliphatic carbocycles. The molecule has 3 nitrogen and oxygen atoms in total. The third kappa shape index (κ3) is 3.30. The molecule has 2 heterocycles. The van der Waals surface area contributed by atoms with Crippen LogP contribution < -0.4 is 0 Å². The van der Waals surface area contributed by atoms with Crippen molar-refractivity contribution >= 4 is 17.7 Å². The minimum Gasteiger partial charge on any atom is -0.322 e. The number of rotatable bonds is 3. The van der Waals surface area contributed by atoms with Crippen LogP contribution in [0.2, 0.25) is 0 Å². The lowest BCUT2D eigenvalue weighted by molar-refractivity contribution is 0.0760. The Balaban J connectivity index is 1.56. The molecule has 1 unspecified atom stereocenters. The molecule has 1 aromatic heterocycles. The summed E-state index contributed by atoms with van der Waals surface area (Å²) in [6.45, 7) is 0.775. The van der Waals surface area contributed by atoms with E-state index in [-0.39, 0.29) is 11.3 Å². The topological polar surface area (TPSA) is 33.2 Å². The van der Waals surface area contributed by atoms with Crippen LogP contribution >= 0.6 is 11.8 Å². The van der Waals surface area contributed by atoms with Crippen molar-refractivity contribution in [3.8, 4) is 11.1 Å². The van der Waals surface area contributed by atoms with Gasteiger partial charge in [0, 0.05) is 30.3 Å². The first-order chi connectivity index (χ1) is 12.3. The van der Waals surface area contributed by atoms with Crippen LogP contribution in [0.1, 0.15) is 21.3 Å². The van der Waals surface area contributed by atoms with Gasteiger partial charge in [0.1, 0.15) is 5.37 Å². The quantitative estimate of drug-likeness (QED) is 0.693. The molecule has 2 aromatic carbocycles. The highest BCUT2D eigenvalue weighted by atomic mass is 32.2. The Morgan fingerprint density at radius 1 is 0.920 bits per heavy atom. The van der Waals surface area contributed by atoms with Gasteiger partial charge in [-0.25, -0.2) is 0 Å². The average molecular weight is 346 g/mol. The summed E-state index contributed by atoms with van der Waals surface area (Å²) >= 11 is 1.80. The number of thioether (sulfide) groups is 1. The van der Waals surface area contributed by atoms with Gasteiger partial charge in [-0.2, -0.15) is 0 Å². The highest BCUT2D eigenvalue weighted by Gasteiger charge is 2.31. The summed E-state index contributed by atoms with van der Waals surface area (Å²) in [5.41, 5.74) is 4.15. The maximum absolute atomic E-state index is 13.0. The standard InChI is InChI=1S/C21H18N2OS/c24-20(23-14-15-25-21(23)19-10-12-22-13-11-19)18-8-6-17(7-9-18)16-4-2-1-3-5-16/h1-13,21H,14-15H2. The van der Waals surface area contributed by atoms with E-state index in [0.717, 1.165) is 34.6 Å². The fourth-order valence-electron chi connectivity index (χ4n) is 3.08. The minimum atomic E-state index is 0.0734. The molecule has 0 radical (unpaired) electrons. The van der Waals surface area contributed by atoms with E-state index in [4.69, 9.17) is 0 Å². The second-order valence-corrected chi connectivity index (χ2v) is 7.13. The normalized spacial score (nSPS) is 16.8. The molecule has 4 rings (SSSR count). The van der Waals surface area contributed by atoms with Gasteiger partial charge in [-0.15, -0.1) is 11.8 Å². The van der Waals surface area contributed by atoms with E-state index in [9.17, 15) is 4.79 Å². The maximum Gasteiger partial charge on any atom is 0.255 e. The number of aromatic nitrogens is 1. The van der Waals surface area contributed by atoms with Crippen molar-refractivity contribution in [2.24, 2.45) is 0 Å². The Morgan fingerprint density at radius 2 is 1.60 bits per heavy atom. The summed E-state index contributed by atoms with van der Waals surface area (Å²) in [4.78, 5) is 19.0. The molecule has 0 N–H and O–H groups in total. The highest BCUT2D eigenvalue weighted by Crippen LogP contribution is 2.38. The van der Waals surface area contributed by atoms with Crippen molar-refractivity contribution in [2.75, 3.05) is 12.3 Å². The molecule has 1 amide bonds. The van der Waals surface area contributed by atoms with Crippen LogP contribution in [0.15, 0.2) is 79.1 Å². The summed E-state index contributed by atoms with van der Waals surface area (Å²) in [5, 5.41) is 0.0734. The molecule has 3 aromatic rings. The van der Waals surface area contributed by atoms with Crippen molar-refractivity contribution in [2.45, 2.75) is 5.37 Å². The van der Waals surface area contributed by atoms with Gasteiger partial charge in [0.25, 0.3) is 5.91 Å². The number of hydrogen-bond donors (Lipinski definition) is 0. The van der Waals surface area contributed by atoms with Crippen LogP contribution in [0.3, 0.4) is 0 Å². The summed E-state index contributed by atoms with van der Waals surface area (Å²) in [6.07, 6.45) is 3.57. The van der Waals surface area contributed by atoms with Crippen molar-refractivity contribution in [3.05, 3.63) is 90.3 Å². The first-order valence-corrected chi connectivity index (χ1v) is 9.36. The predicted molar refractivity (Wildman–Crippen MR) is 102 cm³/mol. The first kappa shape index (κ1) is 15.9. The lowest BCUT2D eigenvalue weighted by atomic mass is 10.0. The number of benzene rings is 2. The van der Waals surface area contributed by atoms with Gasteiger partial charge in [0.15, 0.2) is 0 Å². The SMILES string of the molecule is O=C(c1ccc(-c2ccccc2)cc1)N1CCSC1c1ccncc1. The van der Waals surface area contributed by atoms with Crippen molar-refractivity contribution in [3.63, 3.8) is 0 Å². The van der Waals surface area contributed by atoms with Crippen LogP contribution in [0, 0.1) is 0 Å². The van der Waals surface area contributed by atoms with E-state index in [0.29, 0.717) is 0 Å². The fraction of sp³-hybridized carbons (Fsp3) is 0.143. The zero-order valence-corrected chi connectivity index (χ0v) is 14.5. The van der Waals surface area contributed by atoms with Gasteiger partial charge in [0.2, 0.25) is 0 Å². The number of hydrogen-bond acceptors (Lipinski definition) is 3. The Labute approximate surface area is 151 Å². The van der Waals surface area contributed by atoms with Crippen LogP contribution in [0.5, 0.6) is 0 Å². The Hall–Kier alpha value is -2.59. The number of carbonyl (C=O) groups is 1. The van der Waals surface area contributed by atoms with Gasteiger partial charge in [-0.3, -0.25) is 9.78 Å². The molecule has 1 saturated heterocycles. The third-order valence-corrected chi connectivity index (χ3v) is 5.64. The van der Waals surface area contributed by atoms with Gasteiger partial charge in [0.05, 0.1) is 0 Å². The Bertz CT molecular complexity index is 850. The highest BCUT2D eigenvalue weighted by molar-refractivity contribution is 7.99. The summed E-state index contributed by atoms with van der Waals surface area (Å²) in [5.74, 6) is 1.05. The molecule has 4 heteroatoms. The number of nitrogens with zero attached hydrogens (tertiary/aromatic N) is 2. The first-order valence-electron chi connectivity index (χ1n) is 8.31. The molecule has 0 spiro atoms. The van der Waals surface area contributed by atoms with E-state index in [2.05, 4.69) is 17.1 Å². The summed E-state index contributed by atoms with van der Waals surface area (Å²) in [7, 11) is 0.